The van der Waals surface area contributed by atoms with E-state index in [2.05, 4.69) is 30.6 Å². The molecule has 0 spiro atoms. The molecule has 268 valence electrons. The summed E-state index contributed by atoms with van der Waals surface area (Å²) < 4.78 is 3.34. The highest BCUT2D eigenvalue weighted by atomic mass is 16.2. The van der Waals surface area contributed by atoms with Crippen molar-refractivity contribution < 1.29 is 9.59 Å². The number of fused-ring (bicyclic) bond motifs is 2. The van der Waals surface area contributed by atoms with Crippen molar-refractivity contribution in [2.24, 2.45) is 18.4 Å². The van der Waals surface area contributed by atoms with Crippen LogP contribution in [0.2, 0.25) is 0 Å². The second-order valence-electron chi connectivity index (χ2n) is 14.6. The van der Waals surface area contributed by atoms with Crippen molar-refractivity contribution >= 4 is 45.6 Å². The first-order valence-electron chi connectivity index (χ1n) is 18.0. The summed E-state index contributed by atoms with van der Waals surface area (Å²) in [6.45, 7) is 6.56. The average molecular weight is 709 g/mol. The number of aromatic nitrogens is 6. The predicted molar refractivity (Wildman–Crippen MR) is 205 cm³/mol. The number of aryl methyl sites for hydroxylation is 6. The van der Waals surface area contributed by atoms with Crippen molar-refractivity contribution in [2.45, 2.75) is 59.4 Å². The van der Waals surface area contributed by atoms with E-state index in [1.54, 1.807) is 47.0 Å². The van der Waals surface area contributed by atoms with Crippen LogP contribution in [-0.4, -0.2) is 47.8 Å². The van der Waals surface area contributed by atoms with Crippen LogP contribution in [0.5, 0.6) is 0 Å². The van der Waals surface area contributed by atoms with Crippen molar-refractivity contribution in [3.63, 3.8) is 0 Å². The summed E-state index contributed by atoms with van der Waals surface area (Å²) in [6, 6.07) is 11.2. The van der Waals surface area contributed by atoms with E-state index in [-0.39, 0.29) is 28.4 Å². The summed E-state index contributed by atoms with van der Waals surface area (Å²) in [6.07, 6.45) is 11.8. The normalized spacial score (nSPS) is 14.7. The van der Waals surface area contributed by atoms with Crippen LogP contribution in [0, 0.1) is 32.1 Å². The number of hydrogen-bond donors (Lipinski definition) is 2. The Bertz CT molecular complexity index is 2580. The van der Waals surface area contributed by atoms with Crippen molar-refractivity contribution in [3.8, 4) is 22.3 Å². The minimum Gasteiger partial charge on any atom is -0.369 e. The van der Waals surface area contributed by atoms with Gasteiger partial charge in [0.15, 0.2) is 0 Å². The van der Waals surface area contributed by atoms with E-state index < -0.39 is 0 Å². The molecule has 6 aromatic rings. The summed E-state index contributed by atoms with van der Waals surface area (Å²) in [7, 11) is 1.71. The second-order valence-corrected chi connectivity index (χ2v) is 14.6. The molecule has 2 saturated carbocycles. The van der Waals surface area contributed by atoms with Gasteiger partial charge in [-0.2, -0.15) is 0 Å². The molecule has 0 aromatic carbocycles. The zero-order valence-corrected chi connectivity index (χ0v) is 30.2. The first-order chi connectivity index (χ1) is 25.5. The number of rotatable bonds is 11. The molecule has 12 nitrogen and oxygen atoms in total. The summed E-state index contributed by atoms with van der Waals surface area (Å²) >= 11 is 0. The van der Waals surface area contributed by atoms with E-state index in [9.17, 15) is 19.2 Å². The van der Waals surface area contributed by atoms with Crippen LogP contribution in [0.4, 0.5) is 11.6 Å². The Labute approximate surface area is 305 Å². The van der Waals surface area contributed by atoms with E-state index in [1.807, 2.05) is 51.1 Å². The molecular formula is C41H40N8O4. The lowest BCUT2D eigenvalue weighted by molar-refractivity contribution is -0.117. The Hall–Kier alpha value is -6.04. The number of carbonyl (C=O) groups excluding carboxylic acids is 2. The van der Waals surface area contributed by atoms with Crippen LogP contribution in [-0.2, 0) is 29.6 Å². The number of aldehydes is 1. The fourth-order valence-corrected chi connectivity index (χ4v) is 7.13. The van der Waals surface area contributed by atoms with Gasteiger partial charge < -0.3 is 24.6 Å². The summed E-state index contributed by atoms with van der Waals surface area (Å²) in [4.78, 5) is 70.7. The average Bonchev–Trinajstić information content (AvgIpc) is 4.09. The molecule has 2 aliphatic rings. The third kappa shape index (κ3) is 6.49. The molecule has 8 rings (SSSR count). The number of pyridine rings is 6. The van der Waals surface area contributed by atoms with Gasteiger partial charge in [-0.05, 0) is 88.3 Å². The highest BCUT2D eigenvalue weighted by Crippen LogP contribution is 2.43. The molecule has 53 heavy (non-hydrogen) atoms. The molecule has 6 aromatic heterocycles. The molecular weight excluding hydrogens is 669 g/mol. The Kier molecular flexibility index (Phi) is 8.47. The lowest BCUT2D eigenvalue weighted by Crippen LogP contribution is -2.25. The second kappa shape index (κ2) is 13.2. The van der Waals surface area contributed by atoms with Gasteiger partial charge in [0.25, 0.3) is 11.1 Å². The first kappa shape index (κ1) is 34.1. The molecule has 0 unspecified atom stereocenters. The highest BCUT2D eigenvalue weighted by molar-refractivity contribution is 5.95. The third-order valence-corrected chi connectivity index (χ3v) is 10.7. The van der Waals surface area contributed by atoms with Crippen molar-refractivity contribution in [1.29, 1.82) is 0 Å². The summed E-state index contributed by atoms with van der Waals surface area (Å²) in [5, 5.41) is 7.72. The van der Waals surface area contributed by atoms with Gasteiger partial charge in [-0.15, -0.1) is 0 Å². The zero-order chi connectivity index (χ0) is 37.0. The van der Waals surface area contributed by atoms with Crippen molar-refractivity contribution in [3.05, 3.63) is 104 Å². The lowest BCUT2D eigenvalue weighted by Gasteiger charge is -2.18. The van der Waals surface area contributed by atoms with Gasteiger partial charge >= 0.3 is 0 Å². The molecule has 1 amide bonds. The largest absolute Gasteiger partial charge is 0.369 e. The number of nitrogens with one attached hydrogen (secondary N) is 2. The van der Waals surface area contributed by atoms with Crippen LogP contribution >= 0.6 is 0 Å². The quantitative estimate of drug-likeness (QED) is 0.162. The molecule has 0 aliphatic heterocycles. The molecule has 6 heterocycles. The molecule has 2 fully saturated rings. The number of amides is 1. The van der Waals surface area contributed by atoms with Gasteiger partial charge in [-0.25, -0.2) is 9.97 Å². The number of carbonyl (C=O) groups is 2. The van der Waals surface area contributed by atoms with Gasteiger partial charge in [-0.1, -0.05) is 0 Å². The first-order valence-corrected chi connectivity index (χ1v) is 18.0. The minimum atomic E-state index is -0.352. The van der Waals surface area contributed by atoms with Gasteiger partial charge in [0.05, 0.1) is 11.0 Å². The number of hydrogen-bond acceptors (Lipinski definition) is 9. The smallest absolute Gasteiger partial charge is 0.259 e. The van der Waals surface area contributed by atoms with E-state index >= 15 is 0 Å². The Morgan fingerprint density at radius 3 is 2.30 bits per heavy atom. The molecule has 0 radical (unpaired) electrons. The van der Waals surface area contributed by atoms with Crippen LogP contribution in [0.1, 0.15) is 48.2 Å². The van der Waals surface area contributed by atoms with Crippen molar-refractivity contribution in [2.75, 3.05) is 17.2 Å². The Morgan fingerprint density at radius 2 is 1.58 bits per heavy atom. The monoisotopic (exact) mass is 708 g/mol. The molecule has 12 heteroatoms. The van der Waals surface area contributed by atoms with E-state index in [0.717, 1.165) is 70.8 Å². The maximum Gasteiger partial charge on any atom is 0.259 e. The third-order valence-electron chi connectivity index (χ3n) is 10.7. The molecule has 0 bridgehead atoms. The Morgan fingerprint density at radius 1 is 0.868 bits per heavy atom. The van der Waals surface area contributed by atoms with Crippen LogP contribution < -0.4 is 21.8 Å². The van der Waals surface area contributed by atoms with Crippen molar-refractivity contribution in [1.82, 2.24) is 29.1 Å². The van der Waals surface area contributed by atoms with E-state index in [4.69, 9.17) is 0 Å². The zero-order valence-electron chi connectivity index (χ0n) is 30.2. The topological polar surface area (TPSA) is 154 Å². The van der Waals surface area contributed by atoms with Gasteiger partial charge in [0.2, 0.25) is 5.91 Å². The highest BCUT2D eigenvalue weighted by Gasteiger charge is 2.42. The SMILES string of the molecule is Cc1cc(CCn2c(=O)c(-c3c(C)ccnc3C)cc3cnc(NCC4(C=O)CC4)cc32)c(-c2cc3cnc(NC(=O)C4CC4)cc3n(C)c2=O)cn1. The van der Waals surface area contributed by atoms with Crippen LogP contribution in [0.3, 0.4) is 0 Å². The summed E-state index contributed by atoms with van der Waals surface area (Å²) in [5.41, 5.74) is 6.44. The number of anilines is 2. The molecule has 0 atom stereocenters. The predicted octanol–water partition coefficient (Wildman–Crippen LogP) is 5.67. The number of nitrogens with zero attached hydrogens (tertiary/aromatic N) is 6. The summed E-state index contributed by atoms with van der Waals surface area (Å²) in [5.74, 6) is 0.981. The lowest BCUT2D eigenvalue weighted by atomic mass is 9.98. The van der Waals surface area contributed by atoms with Gasteiger partial charge in [0.1, 0.15) is 17.9 Å². The van der Waals surface area contributed by atoms with Gasteiger partial charge in [-0.3, -0.25) is 24.4 Å². The fourth-order valence-electron chi connectivity index (χ4n) is 7.13. The van der Waals surface area contributed by atoms with Crippen LogP contribution in [0.15, 0.2) is 70.8 Å². The van der Waals surface area contributed by atoms with Gasteiger partial charge in [0, 0.05) is 113 Å². The maximum atomic E-state index is 14.5. The minimum absolute atomic E-state index is 0.0321. The maximum absolute atomic E-state index is 14.5. The fraction of sp³-hybridized carbons (Fsp3) is 0.317. The molecule has 2 N–H and O–H groups in total. The Balaban J connectivity index is 1.19. The molecule has 2 aliphatic carbocycles. The molecule has 0 saturated heterocycles. The standard InChI is InChI=1S/C41H40N8O4/c1-23-7-11-42-25(3)37(23)31-15-29-19-44-35(46-21-41(22-50)9-10-41)17-34(29)49(40(31)53)12-8-27-13-24(2)43-20-32(27)30-14-28-18-45-36(47-38(51)26-5-6-26)16-33(28)48(4)39(30)52/h7,11,13-20,22,26H,5-6,8-10,12,21H2,1-4H3,(H,44,46)(H,45,47,51). The van der Waals surface area contributed by atoms with Crippen LogP contribution in [0.25, 0.3) is 44.1 Å². The van der Waals surface area contributed by atoms with E-state index in [0.29, 0.717) is 58.9 Å². The van der Waals surface area contributed by atoms with E-state index in [1.165, 1.54) is 0 Å².